The average molecular weight is 1010 g/mol. The molecule has 0 heterocycles. The number of amides is 1. The van der Waals surface area contributed by atoms with E-state index < -0.39 is 12.1 Å². The number of aliphatic hydroxyl groups excluding tert-OH is 2. The molecule has 6 heteroatoms. The third-order valence-corrected chi connectivity index (χ3v) is 15.2. The Morgan fingerprint density at radius 1 is 0.375 bits per heavy atom. The normalized spacial score (nSPS) is 12.7. The lowest BCUT2D eigenvalue weighted by Gasteiger charge is -2.20. The van der Waals surface area contributed by atoms with Crippen molar-refractivity contribution in [3.8, 4) is 0 Å². The summed E-state index contributed by atoms with van der Waals surface area (Å²) in [5.74, 6) is -0.0549. The number of rotatable bonds is 61. The van der Waals surface area contributed by atoms with Gasteiger partial charge in [0.15, 0.2) is 0 Å². The van der Waals surface area contributed by atoms with Crippen LogP contribution in [0.3, 0.4) is 0 Å². The van der Waals surface area contributed by atoms with Gasteiger partial charge in [0.2, 0.25) is 5.91 Å². The highest BCUT2D eigenvalue weighted by atomic mass is 16.5. The summed E-state index contributed by atoms with van der Waals surface area (Å²) in [6.07, 6.45) is 76.6. The molecule has 0 rings (SSSR count). The summed E-state index contributed by atoms with van der Waals surface area (Å²) >= 11 is 0. The number of aliphatic hydroxyl groups is 2. The summed E-state index contributed by atoms with van der Waals surface area (Å²) in [5, 5.41) is 23.2. The van der Waals surface area contributed by atoms with Crippen LogP contribution in [0.25, 0.3) is 0 Å². The highest BCUT2D eigenvalue weighted by molar-refractivity contribution is 5.76. The highest BCUT2D eigenvalue weighted by Crippen LogP contribution is 2.18. The number of hydrogen-bond acceptors (Lipinski definition) is 5. The van der Waals surface area contributed by atoms with Crippen LogP contribution >= 0.6 is 0 Å². The minimum Gasteiger partial charge on any atom is -0.466 e. The predicted molar refractivity (Wildman–Crippen MR) is 315 cm³/mol. The van der Waals surface area contributed by atoms with E-state index in [0.717, 1.165) is 38.5 Å². The second kappa shape index (κ2) is 61.9. The van der Waals surface area contributed by atoms with E-state index in [9.17, 15) is 19.8 Å². The molecule has 0 aromatic heterocycles. The Bertz CT molecular complexity index is 1120. The fraction of sp³-hybridized carbons (Fsp3) is 0.909. The van der Waals surface area contributed by atoms with E-state index in [1.54, 1.807) is 6.08 Å². The zero-order valence-corrected chi connectivity index (χ0v) is 48.7. The second-order valence-corrected chi connectivity index (χ2v) is 22.5. The average Bonchev–Trinajstić information content (AvgIpc) is 3.38. The number of esters is 1. The molecule has 0 radical (unpaired) electrons. The topological polar surface area (TPSA) is 95.9 Å². The lowest BCUT2D eigenvalue weighted by molar-refractivity contribution is -0.143. The van der Waals surface area contributed by atoms with Crippen molar-refractivity contribution in [2.24, 2.45) is 0 Å². The first-order chi connectivity index (χ1) is 35.5. The van der Waals surface area contributed by atoms with Crippen LogP contribution in [-0.4, -0.2) is 47.4 Å². The molecule has 0 fully saturated rings. The van der Waals surface area contributed by atoms with Crippen molar-refractivity contribution in [3.05, 3.63) is 24.3 Å². The largest absolute Gasteiger partial charge is 0.466 e. The van der Waals surface area contributed by atoms with Crippen LogP contribution in [0.2, 0.25) is 0 Å². The lowest BCUT2D eigenvalue weighted by atomic mass is 10.0. The SMILES string of the molecule is CCCCCCCCCCCCCCCC/C=C/C(O)C(CO)NC(=O)CCCCCCCCCC/C=C\CCCCCCCCCCCCCCOC(=O)CCCCCCCCCCCCCCCCC. The van der Waals surface area contributed by atoms with Gasteiger partial charge in [-0.1, -0.05) is 314 Å². The van der Waals surface area contributed by atoms with Gasteiger partial charge in [-0.2, -0.15) is 0 Å². The summed E-state index contributed by atoms with van der Waals surface area (Å²) in [6.45, 7) is 4.93. The van der Waals surface area contributed by atoms with Gasteiger partial charge in [-0.25, -0.2) is 0 Å². The molecule has 0 aliphatic rings. The summed E-state index contributed by atoms with van der Waals surface area (Å²) in [5.41, 5.74) is 0. The van der Waals surface area contributed by atoms with Crippen LogP contribution in [0.15, 0.2) is 24.3 Å². The van der Waals surface area contributed by atoms with Gasteiger partial charge in [0, 0.05) is 12.8 Å². The van der Waals surface area contributed by atoms with Crippen molar-refractivity contribution < 1.29 is 24.5 Å². The number of hydrogen-bond donors (Lipinski definition) is 3. The van der Waals surface area contributed by atoms with E-state index in [1.807, 2.05) is 6.08 Å². The summed E-state index contributed by atoms with van der Waals surface area (Å²) in [4.78, 5) is 24.5. The zero-order valence-electron chi connectivity index (χ0n) is 48.7. The Morgan fingerprint density at radius 3 is 0.986 bits per heavy atom. The molecule has 6 nitrogen and oxygen atoms in total. The number of carbonyl (C=O) groups excluding carboxylic acids is 2. The lowest BCUT2D eigenvalue weighted by Crippen LogP contribution is -2.45. The van der Waals surface area contributed by atoms with Crippen molar-refractivity contribution in [2.75, 3.05) is 13.2 Å². The van der Waals surface area contributed by atoms with Crippen molar-refractivity contribution in [1.82, 2.24) is 5.32 Å². The summed E-state index contributed by atoms with van der Waals surface area (Å²) < 4.78 is 5.49. The van der Waals surface area contributed by atoms with Gasteiger partial charge < -0.3 is 20.3 Å². The minimum atomic E-state index is -0.847. The number of unbranched alkanes of at least 4 members (excludes halogenated alkanes) is 48. The molecule has 0 saturated heterocycles. The minimum absolute atomic E-state index is 0.0154. The molecule has 0 spiro atoms. The zero-order chi connectivity index (χ0) is 52.2. The molecule has 2 atom stereocenters. The van der Waals surface area contributed by atoms with E-state index in [1.165, 1.54) is 295 Å². The first-order valence-electron chi connectivity index (χ1n) is 32.6. The monoisotopic (exact) mass is 1010 g/mol. The van der Waals surface area contributed by atoms with E-state index in [4.69, 9.17) is 4.74 Å². The maximum Gasteiger partial charge on any atom is 0.305 e. The molecule has 0 aromatic carbocycles. The molecule has 0 bridgehead atoms. The third kappa shape index (κ3) is 57.6. The van der Waals surface area contributed by atoms with E-state index in [2.05, 4.69) is 31.3 Å². The Morgan fingerprint density at radius 2 is 0.653 bits per heavy atom. The molecule has 426 valence electrons. The third-order valence-electron chi connectivity index (χ3n) is 15.2. The standard InChI is InChI=1S/C66H127NO5/c1-3-5-7-9-11-13-15-17-19-31-34-38-42-46-50-54-58-64(69)63(62-68)67-65(70)59-55-51-47-43-39-35-32-28-26-24-22-20-21-23-25-27-29-33-37-41-45-49-53-57-61-72-66(71)60-56-52-48-44-40-36-30-18-16-14-12-10-8-6-4-2/h22,24,54,58,63-64,68-69H,3-21,23,25-53,55-57,59-62H2,1-2H3,(H,67,70)/b24-22-,58-54+. The van der Waals surface area contributed by atoms with Crippen LogP contribution in [0.1, 0.15) is 361 Å². The molecule has 0 saturated carbocycles. The van der Waals surface area contributed by atoms with E-state index in [-0.39, 0.29) is 18.5 Å². The Hall–Kier alpha value is -1.66. The quantitative estimate of drug-likeness (QED) is 0.0320. The molecule has 0 aromatic rings. The van der Waals surface area contributed by atoms with Crippen molar-refractivity contribution in [3.63, 3.8) is 0 Å². The molecule has 0 aliphatic heterocycles. The Kier molecular flexibility index (Phi) is 60.5. The van der Waals surface area contributed by atoms with Crippen LogP contribution in [0.5, 0.6) is 0 Å². The molecular weight excluding hydrogens is 887 g/mol. The molecule has 72 heavy (non-hydrogen) atoms. The van der Waals surface area contributed by atoms with Crippen molar-refractivity contribution >= 4 is 11.9 Å². The fourth-order valence-electron chi connectivity index (χ4n) is 10.2. The smallest absolute Gasteiger partial charge is 0.305 e. The summed E-state index contributed by atoms with van der Waals surface area (Å²) in [6, 6.07) is -0.631. The summed E-state index contributed by atoms with van der Waals surface area (Å²) in [7, 11) is 0. The molecule has 1 amide bonds. The van der Waals surface area contributed by atoms with Gasteiger partial charge in [-0.15, -0.1) is 0 Å². The van der Waals surface area contributed by atoms with Crippen LogP contribution in [-0.2, 0) is 14.3 Å². The van der Waals surface area contributed by atoms with Gasteiger partial charge in [0.1, 0.15) is 0 Å². The maximum atomic E-state index is 12.5. The fourth-order valence-corrected chi connectivity index (χ4v) is 10.2. The van der Waals surface area contributed by atoms with Gasteiger partial charge in [-0.05, 0) is 57.8 Å². The first-order valence-corrected chi connectivity index (χ1v) is 32.6. The van der Waals surface area contributed by atoms with Crippen LogP contribution in [0, 0.1) is 0 Å². The van der Waals surface area contributed by atoms with Gasteiger partial charge in [-0.3, -0.25) is 9.59 Å². The Balaban J connectivity index is 3.41. The Labute approximate surface area is 450 Å². The number of carbonyl (C=O) groups is 2. The predicted octanol–water partition coefficient (Wildman–Crippen LogP) is 20.6. The molecular formula is C66H127NO5. The maximum absolute atomic E-state index is 12.5. The van der Waals surface area contributed by atoms with Gasteiger partial charge >= 0.3 is 5.97 Å². The highest BCUT2D eigenvalue weighted by Gasteiger charge is 2.18. The van der Waals surface area contributed by atoms with E-state index >= 15 is 0 Å². The number of allylic oxidation sites excluding steroid dienone is 3. The van der Waals surface area contributed by atoms with Crippen LogP contribution < -0.4 is 5.32 Å². The molecule has 0 aliphatic carbocycles. The van der Waals surface area contributed by atoms with E-state index in [0.29, 0.717) is 19.4 Å². The van der Waals surface area contributed by atoms with Gasteiger partial charge in [0.25, 0.3) is 0 Å². The molecule has 3 N–H and O–H groups in total. The van der Waals surface area contributed by atoms with Crippen molar-refractivity contribution in [1.29, 1.82) is 0 Å². The number of ether oxygens (including phenoxy) is 1. The second-order valence-electron chi connectivity index (χ2n) is 22.5. The molecule has 2 unspecified atom stereocenters. The van der Waals surface area contributed by atoms with Gasteiger partial charge in [0.05, 0.1) is 25.4 Å². The van der Waals surface area contributed by atoms with Crippen LogP contribution in [0.4, 0.5) is 0 Å². The van der Waals surface area contributed by atoms with Crippen molar-refractivity contribution in [2.45, 2.75) is 373 Å². The first kappa shape index (κ1) is 70.3. The number of nitrogens with one attached hydrogen (secondary N) is 1.